The maximum absolute atomic E-state index is 13.5. The molecule has 0 radical (unpaired) electrons. The average molecular weight is 530 g/mol. The van der Waals surface area contributed by atoms with Crippen LogP contribution < -0.4 is 26.0 Å². The van der Waals surface area contributed by atoms with E-state index in [1.807, 2.05) is 0 Å². The molecule has 1 aromatic heterocycles. The van der Waals surface area contributed by atoms with Crippen LogP contribution >= 0.6 is 11.6 Å². The van der Waals surface area contributed by atoms with Gasteiger partial charge in [-0.2, -0.15) is 0 Å². The summed E-state index contributed by atoms with van der Waals surface area (Å²) in [5.74, 6) is -0.0673. The molecule has 1 atom stereocenters. The summed E-state index contributed by atoms with van der Waals surface area (Å²) in [4.78, 5) is 52.3. The minimum atomic E-state index is -0.709. The molecule has 0 spiro atoms. The summed E-state index contributed by atoms with van der Waals surface area (Å²) in [6.07, 6.45) is 1.72. The van der Waals surface area contributed by atoms with Crippen molar-refractivity contribution in [3.8, 4) is 11.5 Å². The lowest BCUT2D eigenvalue weighted by atomic mass is 10.1. The number of nitrogens with zero attached hydrogens (tertiary/aromatic N) is 2. The fourth-order valence-corrected chi connectivity index (χ4v) is 4.43. The van der Waals surface area contributed by atoms with Crippen LogP contribution in [0.3, 0.4) is 0 Å². The molecule has 10 nitrogen and oxygen atoms in total. The third kappa shape index (κ3) is 5.86. The van der Waals surface area contributed by atoms with Crippen molar-refractivity contribution in [2.75, 3.05) is 27.4 Å². The third-order valence-corrected chi connectivity index (χ3v) is 6.56. The Morgan fingerprint density at radius 2 is 1.78 bits per heavy atom. The Morgan fingerprint density at radius 1 is 1.08 bits per heavy atom. The first-order chi connectivity index (χ1) is 17.8. The summed E-state index contributed by atoms with van der Waals surface area (Å²) in [5.41, 5.74) is -0.729. The van der Waals surface area contributed by atoms with E-state index in [9.17, 15) is 19.2 Å². The van der Waals surface area contributed by atoms with Gasteiger partial charge in [-0.05, 0) is 43.2 Å². The first-order valence-electron chi connectivity index (χ1n) is 11.9. The largest absolute Gasteiger partial charge is 0.493 e. The predicted octanol–water partition coefficient (Wildman–Crippen LogP) is 2.40. The van der Waals surface area contributed by atoms with Gasteiger partial charge in [0.05, 0.1) is 37.8 Å². The number of hydrogen-bond acceptors (Lipinski definition) is 7. The van der Waals surface area contributed by atoms with Gasteiger partial charge in [0.15, 0.2) is 17.3 Å². The number of aromatic nitrogens is 2. The minimum absolute atomic E-state index is 0.0223. The van der Waals surface area contributed by atoms with Gasteiger partial charge in [-0.15, -0.1) is 0 Å². The Hall–Kier alpha value is -3.63. The van der Waals surface area contributed by atoms with Gasteiger partial charge in [0, 0.05) is 42.8 Å². The van der Waals surface area contributed by atoms with Crippen molar-refractivity contribution in [3.63, 3.8) is 0 Å². The number of carbonyl (C=O) groups excluding carboxylic acids is 2. The van der Waals surface area contributed by atoms with Crippen molar-refractivity contribution >= 4 is 34.2 Å². The molecule has 1 aliphatic rings. The number of hydrogen-bond donors (Lipinski definition) is 1. The van der Waals surface area contributed by atoms with Crippen LogP contribution in [0, 0.1) is 0 Å². The second-order valence-electron chi connectivity index (χ2n) is 8.67. The Morgan fingerprint density at radius 3 is 2.43 bits per heavy atom. The Balaban J connectivity index is 1.70. The summed E-state index contributed by atoms with van der Waals surface area (Å²) in [6, 6.07) is 9.25. The number of nitrogens with one attached hydrogen (secondary N) is 1. The quantitative estimate of drug-likeness (QED) is 0.401. The van der Waals surface area contributed by atoms with Crippen LogP contribution in [0.5, 0.6) is 11.5 Å². The van der Waals surface area contributed by atoms with Crippen molar-refractivity contribution in [1.82, 2.24) is 14.5 Å². The lowest BCUT2D eigenvalue weighted by Crippen LogP contribution is -2.42. The maximum Gasteiger partial charge on any atom is 0.331 e. The van der Waals surface area contributed by atoms with Gasteiger partial charge in [-0.1, -0.05) is 11.6 Å². The molecule has 11 heteroatoms. The van der Waals surface area contributed by atoms with Gasteiger partial charge in [0.1, 0.15) is 0 Å². The Labute approximate surface area is 217 Å². The van der Waals surface area contributed by atoms with E-state index >= 15 is 0 Å². The van der Waals surface area contributed by atoms with E-state index in [1.165, 1.54) is 30.9 Å². The fraction of sp³-hybridized carbons (Fsp3) is 0.385. The van der Waals surface area contributed by atoms with E-state index in [-0.39, 0.29) is 48.2 Å². The molecule has 3 aromatic rings. The van der Waals surface area contributed by atoms with Crippen molar-refractivity contribution in [3.05, 3.63) is 67.8 Å². The van der Waals surface area contributed by atoms with E-state index in [0.29, 0.717) is 35.2 Å². The Kier molecular flexibility index (Phi) is 8.30. The number of benzene rings is 2. The normalized spacial score (nSPS) is 15.1. The molecule has 1 aliphatic heterocycles. The summed E-state index contributed by atoms with van der Waals surface area (Å²) in [5, 5.41) is 3.42. The van der Waals surface area contributed by atoms with Crippen LogP contribution in [0.15, 0.2) is 46.0 Å². The van der Waals surface area contributed by atoms with E-state index in [2.05, 4.69) is 5.32 Å². The highest BCUT2D eigenvalue weighted by Gasteiger charge is 2.21. The standard InChI is InChI=1S/C26H28ClN3O7/c1-35-22-12-19-20(13-23(22)36-2)30(15-21(31)16-5-7-17(27)8-6-16)26(34)29(25(19)33)10-9-24(32)28-14-18-4-3-11-37-18/h5-8,12-13,18H,3-4,9-11,14-15H2,1-2H3,(H,28,32)/t18-/m0/s1. The fourth-order valence-electron chi connectivity index (χ4n) is 4.30. The lowest BCUT2D eigenvalue weighted by molar-refractivity contribution is -0.121. The first kappa shape index (κ1) is 26.4. The van der Waals surface area contributed by atoms with Crippen molar-refractivity contribution in [1.29, 1.82) is 0 Å². The van der Waals surface area contributed by atoms with Crippen LogP contribution in [0.1, 0.15) is 29.6 Å². The highest BCUT2D eigenvalue weighted by molar-refractivity contribution is 6.30. The van der Waals surface area contributed by atoms with Crippen molar-refractivity contribution < 1.29 is 23.8 Å². The topological polar surface area (TPSA) is 118 Å². The number of halogens is 1. The molecule has 37 heavy (non-hydrogen) atoms. The minimum Gasteiger partial charge on any atom is -0.493 e. The van der Waals surface area contributed by atoms with Crippen LogP contribution in [0.25, 0.3) is 10.9 Å². The molecule has 1 saturated heterocycles. The number of rotatable bonds is 10. The van der Waals surface area contributed by atoms with Gasteiger partial charge in [0.2, 0.25) is 5.91 Å². The van der Waals surface area contributed by atoms with E-state index in [1.54, 1.807) is 24.3 Å². The monoisotopic (exact) mass is 529 g/mol. The molecule has 1 fully saturated rings. The molecule has 2 aromatic carbocycles. The highest BCUT2D eigenvalue weighted by atomic mass is 35.5. The molecule has 196 valence electrons. The summed E-state index contributed by atoms with van der Waals surface area (Å²) >= 11 is 5.93. The second-order valence-corrected chi connectivity index (χ2v) is 9.11. The van der Waals surface area contributed by atoms with E-state index in [0.717, 1.165) is 17.4 Å². The number of ketones is 1. The van der Waals surface area contributed by atoms with Crippen molar-refractivity contribution in [2.24, 2.45) is 0 Å². The predicted molar refractivity (Wildman–Crippen MR) is 138 cm³/mol. The summed E-state index contributed by atoms with van der Waals surface area (Å²) in [7, 11) is 2.86. The Bertz CT molecular complexity index is 1420. The number of Topliss-reactive ketones (excluding diaryl/α,β-unsaturated/α-hetero) is 1. The van der Waals surface area contributed by atoms with Gasteiger partial charge >= 0.3 is 5.69 Å². The van der Waals surface area contributed by atoms with Gasteiger partial charge in [-0.25, -0.2) is 4.79 Å². The van der Waals surface area contributed by atoms with Crippen molar-refractivity contribution in [2.45, 2.75) is 38.5 Å². The molecule has 1 N–H and O–H groups in total. The van der Waals surface area contributed by atoms with Crippen LogP contribution in [-0.4, -0.2) is 54.3 Å². The molecular weight excluding hydrogens is 502 g/mol. The second kappa shape index (κ2) is 11.6. The van der Waals surface area contributed by atoms with Crippen LogP contribution in [0.2, 0.25) is 5.02 Å². The van der Waals surface area contributed by atoms with Gasteiger partial charge in [0.25, 0.3) is 5.56 Å². The molecule has 0 bridgehead atoms. The molecule has 0 unspecified atom stereocenters. The zero-order valence-electron chi connectivity index (χ0n) is 20.6. The summed E-state index contributed by atoms with van der Waals surface area (Å²) in [6.45, 7) is 0.560. The summed E-state index contributed by atoms with van der Waals surface area (Å²) < 4.78 is 18.4. The number of carbonyl (C=O) groups is 2. The number of methoxy groups -OCH3 is 2. The average Bonchev–Trinajstić information content (AvgIpc) is 3.43. The molecule has 4 rings (SSSR count). The SMILES string of the molecule is COc1cc2c(=O)n(CCC(=O)NC[C@@H]3CCCO3)c(=O)n(CC(=O)c3ccc(Cl)cc3)c2cc1OC. The number of fused-ring (bicyclic) bond motifs is 1. The smallest absolute Gasteiger partial charge is 0.331 e. The molecular formula is C26H28ClN3O7. The first-order valence-corrected chi connectivity index (χ1v) is 12.3. The zero-order chi connectivity index (χ0) is 26.5. The third-order valence-electron chi connectivity index (χ3n) is 6.31. The van der Waals surface area contributed by atoms with E-state index < -0.39 is 11.2 Å². The molecule has 0 aliphatic carbocycles. The molecule has 0 saturated carbocycles. The number of amides is 1. The van der Waals surface area contributed by atoms with Gasteiger partial charge < -0.3 is 19.5 Å². The van der Waals surface area contributed by atoms with E-state index in [4.69, 9.17) is 25.8 Å². The van der Waals surface area contributed by atoms with Crippen LogP contribution in [0.4, 0.5) is 0 Å². The zero-order valence-corrected chi connectivity index (χ0v) is 21.4. The van der Waals surface area contributed by atoms with Gasteiger partial charge in [-0.3, -0.25) is 23.5 Å². The molecule has 2 heterocycles. The maximum atomic E-state index is 13.5. The number of ether oxygens (including phenoxy) is 3. The molecule has 1 amide bonds. The highest BCUT2D eigenvalue weighted by Crippen LogP contribution is 2.30. The lowest BCUT2D eigenvalue weighted by Gasteiger charge is -2.16. The van der Waals surface area contributed by atoms with Crippen LogP contribution in [-0.2, 0) is 22.6 Å².